The first-order valence-corrected chi connectivity index (χ1v) is 15.9. The summed E-state index contributed by atoms with van der Waals surface area (Å²) < 4.78 is 72.6. The Hall–Kier alpha value is -3.72. The zero-order valence-electron chi connectivity index (χ0n) is 25.4. The molecule has 3 N–H and O–H groups in total. The van der Waals surface area contributed by atoms with Gasteiger partial charge in [0.2, 0.25) is 11.7 Å². The van der Waals surface area contributed by atoms with Crippen molar-refractivity contribution in [3.05, 3.63) is 81.9 Å². The van der Waals surface area contributed by atoms with Gasteiger partial charge in [-0.3, -0.25) is 18.3 Å². The molecule has 1 unspecified atom stereocenters. The molecule has 6 rings (SSSR count). The third kappa shape index (κ3) is 5.33. The summed E-state index contributed by atoms with van der Waals surface area (Å²) in [5.74, 6) is -2.86. The molecular formula is C31H34F3N5O5S. The monoisotopic (exact) mass is 645 g/mol. The molecule has 0 bridgehead atoms. The second kappa shape index (κ2) is 10.4. The highest BCUT2D eigenvalue weighted by Crippen LogP contribution is 2.61. The zero-order chi connectivity index (χ0) is 32.7. The van der Waals surface area contributed by atoms with Crippen LogP contribution in [0, 0.1) is 26.2 Å². The minimum absolute atomic E-state index is 0.0193. The summed E-state index contributed by atoms with van der Waals surface area (Å²) in [6, 6.07) is 8.65. The molecule has 1 saturated carbocycles. The summed E-state index contributed by atoms with van der Waals surface area (Å²) in [6.07, 6.45) is -0.399. The molecule has 2 aliphatic rings. The lowest BCUT2D eigenvalue weighted by Crippen LogP contribution is -2.36. The average Bonchev–Trinajstić information content (AvgIpc) is 3.56. The minimum atomic E-state index is -4.72. The highest BCUT2D eigenvalue weighted by molar-refractivity contribution is 8.22. The molecular weight excluding hydrogens is 611 g/mol. The number of hydrogen-bond donors (Lipinski definition) is 3. The molecule has 4 heterocycles. The van der Waals surface area contributed by atoms with Crippen molar-refractivity contribution in [1.82, 2.24) is 23.9 Å². The van der Waals surface area contributed by atoms with Gasteiger partial charge in [-0.1, -0.05) is 18.2 Å². The van der Waals surface area contributed by atoms with Crippen molar-refractivity contribution in [2.75, 3.05) is 6.54 Å². The Bertz CT molecular complexity index is 1840. The fraction of sp³-hybridized carbons (Fsp3) is 0.419. The van der Waals surface area contributed by atoms with E-state index in [0.29, 0.717) is 16.7 Å². The maximum atomic E-state index is 13.6. The van der Waals surface area contributed by atoms with Crippen LogP contribution in [0.25, 0.3) is 5.65 Å². The lowest BCUT2D eigenvalue weighted by atomic mass is 9.70. The number of alkyl halides is 3. The molecule has 1 aliphatic heterocycles. The first-order chi connectivity index (χ1) is 20.9. The Kier molecular flexibility index (Phi) is 7.23. The van der Waals surface area contributed by atoms with E-state index in [2.05, 4.69) is 15.2 Å². The average molecular weight is 646 g/mol. The van der Waals surface area contributed by atoms with Crippen LogP contribution in [-0.2, 0) is 17.5 Å². The highest BCUT2D eigenvalue weighted by Gasteiger charge is 2.52. The number of fused-ring (bicyclic) bond motifs is 2. The van der Waals surface area contributed by atoms with Gasteiger partial charge in [-0.25, -0.2) is 4.98 Å². The molecule has 1 atom stereocenters. The van der Waals surface area contributed by atoms with E-state index < -0.39 is 45.7 Å². The molecule has 1 aliphatic carbocycles. The molecule has 14 heteroatoms. The van der Waals surface area contributed by atoms with Crippen LogP contribution in [0.4, 0.5) is 13.2 Å². The predicted octanol–water partition coefficient (Wildman–Crippen LogP) is 6.76. The molecule has 45 heavy (non-hydrogen) atoms. The van der Waals surface area contributed by atoms with Gasteiger partial charge >= 0.3 is 12.1 Å². The first-order valence-electron chi connectivity index (χ1n) is 14.4. The minimum Gasteiger partial charge on any atom is -0.481 e. The van der Waals surface area contributed by atoms with E-state index in [1.807, 2.05) is 26.0 Å². The van der Waals surface area contributed by atoms with E-state index in [4.69, 9.17) is 4.74 Å². The van der Waals surface area contributed by atoms with E-state index in [1.54, 1.807) is 43.4 Å². The van der Waals surface area contributed by atoms with Crippen molar-refractivity contribution in [2.24, 2.45) is 5.41 Å². The maximum Gasteiger partial charge on any atom is 0.452 e. The van der Waals surface area contributed by atoms with Crippen LogP contribution in [0.3, 0.4) is 0 Å². The SMILES string of the molecule is Cc1cnc2c(c1)S(O)(O)N(Cc1cc(C(c3ccn4c(C(F)(F)F)nnc4c3C)C(C)(C)C(=O)O)ccc1C)CC1(CC1)O2. The Balaban J connectivity index is 1.45. The molecule has 0 amide bonds. The second-order valence-corrected chi connectivity index (χ2v) is 14.7. The number of rotatable bonds is 6. The molecule has 0 saturated heterocycles. The number of benzene rings is 1. The van der Waals surface area contributed by atoms with Crippen molar-refractivity contribution < 1.29 is 36.9 Å². The molecule has 1 aromatic carbocycles. The van der Waals surface area contributed by atoms with Crippen LogP contribution in [0.15, 0.2) is 47.6 Å². The number of aliphatic carboxylic acids is 1. The molecule has 3 aromatic heterocycles. The van der Waals surface area contributed by atoms with Crippen LogP contribution >= 0.6 is 10.8 Å². The van der Waals surface area contributed by atoms with Crippen LogP contribution in [0.1, 0.15) is 71.8 Å². The number of carboxylic acid groups (broad SMARTS) is 1. The molecule has 1 spiro atoms. The first kappa shape index (κ1) is 31.3. The highest BCUT2D eigenvalue weighted by atomic mass is 32.3. The fourth-order valence-corrected chi connectivity index (χ4v) is 7.76. The van der Waals surface area contributed by atoms with E-state index in [0.717, 1.165) is 33.9 Å². The number of carbonyl (C=O) groups is 1. The number of aromatic nitrogens is 4. The number of hydrogen-bond acceptors (Lipinski definition) is 8. The third-order valence-corrected chi connectivity index (χ3v) is 10.8. The second-order valence-electron chi connectivity index (χ2n) is 12.7. The summed E-state index contributed by atoms with van der Waals surface area (Å²) >= 11 is 0. The quantitative estimate of drug-likeness (QED) is 0.208. The Morgan fingerprint density at radius 3 is 2.47 bits per heavy atom. The lowest BCUT2D eigenvalue weighted by Gasteiger charge is -2.42. The number of aryl methyl sites for hydroxylation is 3. The Labute approximate surface area is 259 Å². The number of nitrogens with zero attached hydrogens (tertiary/aromatic N) is 5. The molecule has 10 nitrogen and oxygen atoms in total. The van der Waals surface area contributed by atoms with E-state index in [9.17, 15) is 32.2 Å². The Morgan fingerprint density at radius 2 is 1.82 bits per heavy atom. The third-order valence-electron chi connectivity index (χ3n) is 8.95. The zero-order valence-corrected chi connectivity index (χ0v) is 26.2. The number of pyridine rings is 2. The van der Waals surface area contributed by atoms with Gasteiger partial charge in [0.1, 0.15) is 10.5 Å². The van der Waals surface area contributed by atoms with Crippen molar-refractivity contribution in [2.45, 2.75) is 76.6 Å². The summed E-state index contributed by atoms with van der Waals surface area (Å²) in [5.41, 5.74) is 1.79. The van der Waals surface area contributed by atoms with Gasteiger partial charge in [-0.2, -0.15) is 17.5 Å². The van der Waals surface area contributed by atoms with Crippen LogP contribution in [-0.4, -0.2) is 56.2 Å². The van der Waals surface area contributed by atoms with Gasteiger partial charge in [0.25, 0.3) is 0 Å². The molecule has 0 radical (unpaired) electrons. The largest absolute Gasteiger partial charge is 0.481 e. The summed E-state index contributed by atoms with van der Waals surface area (Å²) in [4.78, 5) is 17.2. The van der Waals surface area contributed by atoms with Crippen LogP contribution < -0.4 is 4.74 Å². The van der Waals surface area contributed by atoms with Gasteiger partial charge in [-0.05, 0) is 93.0 Å². The van der Waals surface area contributed by atoms with Gasteiger partial charge < -0.3 is 9.84 Å². The fourth-order valence-electron chi connectivity index (χ4n) is 6.08. The van der Waals surface area contributed by atoms with Crippen molar-refractivity contribution in [3.8, 4) is 5.88 Å². The van der Waals surface area contributed by atoms with Crippen LogP contribution in [0.5, 0.6) is 5.88 Å². The smallest absolute Gasteiger partial charge is 0.452 e. The van der Waals surface area contributed by atoms with Gasteiger partial charge in [-0.15, -0.1) is 21.0 Å². The van der Waals surface area contributed by atoms with Crippen molar-refractivity contribution in [1.29, 1.82) is 0 Å². The number of halogens is 3. The lowest BCUT2D eigenvalue weighted by molar-refractivity contribution is -0.147. The summed E-state index contributed by atoms with van der Waals surface area (Å²) in [5, 5.41) is 17.5. The van der Waals surface area contributed by atoms with Crippen molar-refractivity contribution >= 4 is 22.4 Å². The van der Waals surface area contributed by atoms with Crippen molar-refractivity contribution in [3.63, 3.8) is 0 Å². The molecule has 1 fully saturated rings. The number of carboxylic acids is 1. The molecule has 4 aromatic rings. The number of ether oxygens (including phenoxy) is 1. The van der Waals surface area contributed by atoms with E-state index >= 15 is 0 Å². The van der Waals surface area contributed by atoms with E-state index in [1.165, 1.54) is 12.3 Å². The van der Waals surface area contributed by atoms with Gasteiger partial charge in [0, 0.05) is 24.9 Å². The van der Waals surface area contributed by atoms with Gasteiger partial charge in [0.15, 0.2) is 5.65 Å². The summed E-state index contributed by atoms with van der Waals surface area (Å²) in [7, 11) is -3.51. The van der Waals surface area contributed by atoms with Crippen LogP contribution in [0.2, 0.25) is 0 Å². The standard InChI is InChI=1S/C31H34F3N5O5S/c1-17-12-23-26(35-14-17)44-30(9-10-30)16-38(45(23,42)43)15-21-13-20(7-6-18(21)2)24(29(4,5)28(40)41)22-8-11-39-25(19(22)3)36-37-27(39)31(32,33)34/h6-8,11-14,24,42-43H,9-10,15-16H2,1-5H3,(H,40,41). The van der Waals surface area contributed by atoms with Gasteiger partial charge in [0.05, 0.1) is 12.0 Å². The van der Waals surface area contributed by atoms with E-state index in [-0.39, 0.29) is 29.5 Å². The maximum absolute atomic E-state index is 13.6. The summed E-state index contributed by atoms with van der Waals surface area (Å²) in [6.45, 7) is 8.82. The molecule has 240 valence electrons. The normalized spacial score (nSPS) is 19.1. The topological polar surface area (TPSA) is 133 Å². The predicted molar refractivity (Wildman–Crippen MR) is 160 cm³/mol. The Morgan fingerprint density at radius 1 is 1.11 bits per heavy atom.